The predicted molar refractivity (Wildman–Crippen MR) is 99.3 cm³/mol. The number of ether oxygens (including phenoxy) is 1. The van der Waals surface area contributed by atoms with Crippen molar-refractivity contribution < 1.29 is 19.1 Å². The van der Waals surface area contributed by atoms with Crippen LogP contribution in [0.3, 0.4) is 0 Å². The Balaban J connectivity index is 1.52. The molecule has 132 valence electrons. The maximum atomic E-state index is 12.0. The van der Waals surface area contributed by atoms with Gasteiger partial charge in [-0.25, -0.2) is 9.78 Å². The molecule has 0 bridgehead atoms. The first-order valence-electron chi connectivity index (χ1n) is 7.39. The van der Waals surface area contributed by atoms with Crippen molar-refractivity contribution in [2.24, 2.45) is 5.73 Å². The highest BCUT2D eigenvalue weighted by Gasteiger charge is 2.15. The zero-order valence-electron chi connectivity index (χ0n) is 13.3. The minimum absolute atomic E-state index is 0.164. The summed E-state index contributed by atoms with van der Waals surface area (Å²) in [5.41, 5.74) is 6.11. The maximum Gasteiger partial charge on any atom is 0.358 e. The molecule has 0 atom stereocenters. The van der Waals surface area contributed by atoms with Crippen molar-refractivity contribution in [1.82, 2.24) is 4.98 Å². The Morgan fingerprint density at radius 1 is 1.12 bits per heavy atom. The first kappa shape index (κ1) is 17.8. The molecule has 2 amide bonds. The van der Waals surface area contributed by atoms with E-state index in [-0.39, 0.29) is 5.69 Å². The molecule has 0 aliphatic carbocycles. The van der Waals surface area contributed by atoms with E-state index in [0.717, 1.165) is 9.88 Å². The average Bonchev–Trinajstić information content (AvgIpc) is 3.31. The summed E-state index contributed by atoms with van der Waals surface area (Å²) in [6, 6.07) is 9.87. The number of benzene rings is 1. The molecular formula is C17H13N3O4S2. The number of carbonyl (C=O) groups excluding carboxylic acids is 3. The van der Waals surface area contributed by atoms with Crippen molar-refractivity contribution in [3.05, 3.63) is 58.4 Å². The van der Waals surface area contributed by atoms with Gasteiger partial charge in [0.2, 0.25) is 5.91 Å². The molecule has 9 heteroatoms. The van der Waals surface area contributed by atoms with E-state index in [1.165, 1.54) is 46.9 Å². The molecule has 2 heterocycles. The molecule has 0 spiro atoms. The third-order valence-electron chi connectivity index (χ3n) is 3.23. The Hall–Kier alpha value is -3.04. The second-order valence-corrected chi connectivity index (χ2v) is 6.89. The topological polar surface area (TPSA) is 111 Å². The van der Waals surface area contributed by atoms with E-state index in [1.807, 2.05) is 17.5 Å². The lowest BCUT2D eigenvalue weighted by Crippen LogP contribution is -2.21. The van der Waals surface area contributed by atoms with Crippen molar-refractivity contribution in [2.75, 3.05) is 11.9 Å². The molecule has 0 saturated heterocycles. The third kappa shape index (κ3) is 4.32. The van der Waals surface area contributed by atoms with E-state index in [2.05, 4.69) is 10.3 Å². The number of hydrogen-bond donors (Lipinski definition) is 2. The van der Waals surface area contributed by atoms with Crippen LogP contribution in [-0.4, -0.2) is 29.4 Å². The van der Waals surface area contributed by atoms with Gasteiger partial charge < -0.3 is 15.8 Å². The average molecular weight is 387 g/mol. The molecule has 0 saturated carbocycles. The van der Waals surface area contributed by atoms with Crippen LogP contribution in [0.15, 0.2) is 47.2 Å². The molecule has 0 aliphatic heterocycles. The van der Waals surface area contributed by atoms with E-state index in [9.17, 15) is 14.4 Å². The quantitative estimate of drug-likeness (QED) is 0.632. The van der Waals surface area contributed by atoms with Crippen molar-refractivity contribution in [1.29, 1.82) is 0 Å². The number of esters is 1. The van der Waals surface area contributed by atoms with Crippen LogP contribution in [0.4, 0.5) is 5.69 Å². The van der Waals surface area contributed by atoms with Gasteiger partial charge in [-0.2, -0.15) is 0 Å². The number of aromatic nitrogens is 1. The van der Waals surface area contributed by atoms with E-state index in [0.29, 0.717) is 11.3 Å². The molecule has 0 radical (unpaired) electrons. The fourth-order valence-electron chi connectivity index (χ4n) is 2.00. The minimum atomic E-state index is -0.664. The third-order valence-corrected chi connectivity index (χ3v) is 5.11. The molecule has 1 aromatic carbocycles. The number of amides is 2. The first-order valence-corrected chi connectivity index (χ1v) is 9.15. The van der Waals surface area contributed by atoms with Gasteiger partial charge in [-0.3, -0.25) is 9.59 Å². The zero-order valence-corrected chi connectivity index (χ0v) is 14.9. The highest BCUT2D eigenvalue weighted by Crippen LogP contribution is 2.27. The van der Waals surface area contributed by atoms with Gasteiger partial charge in [-0.15, -0.1) is 22.7 Å². The van der Waals surface area contributed by atoms with Crippen LogP contribution in [0.25, 0.3) is 9.88 Å². The number of hydrogen-bond acceptors (Lipinski definition) is 7. The van der Waals surface area contributed by atoms with Gasteiger partial charge in [0.1, 0.15) is 5.01 Å². The number of nitrogens with zero attached hydrogens (tertiary/aromatic N) is 1. The van der Waals surface area contributed by atoms with Crippen molar-refractivity contribution in [3.63, 3.8) is 0 Å². The Morgan fingerprint density at radius 3 is 2.54 bits per heavy atom. The van der Waals surface area contributed by atoms with Gasteiger partial charge in [0.15, 0.2) is 12.3 Å². The van der Waals surface area contributed by atoms with E-state index in [1.54, 1.807) is 5.38 Å². The highest BCUT2D eigenvalue weighted by molar-refractivity contribution is 7.20. The summed E-state index contributed by atoms with van der Waals surface area (Å²) in [6.45, 7) is -0.442. The van der Waals surface area contributed by atoms with Crippen LogP contribution in [-0.2, 0) is 9.53 Å². The summed E-state index contributed by atoms with van der Waals surface area (Å²) < 4.78 is 4.98. The molecule has 0 fully saturated rings. The number of primary amides is 1. The first-order chi connectivity index (χ1) is 12.5. The monoisotopic (exact) mass is 387 g/mol. The Bertz CT molecular complexity index is 933. The summed E-state index contributed by atoms with van der Waals surface area (Å²) >= 11 is 2.86. The van der Waals surface area contributed by atoms with Gasteiger partial charge >= 0.3 is 5.97 Å². The van der Waals surface area contributed by atoms with E-state index in [4.69, 9.17) is 10.5 Å². The normalized spacial score (nSPS) is 10.3. The zero-order chi connectivity index (χ0) is 18.5. The molecule has 3 N–H and O–H groups in total. The number of thiazole rings is 1. The summed E-state index contributed by atoms with van der Waals surface area (Å²) in [7, 11) is 0. The highest BCUT2D eigenvalue weighted by atomic mass is 32.1. The van der Waals surface area contributed by atoms with Crippen LogP contribution >= 0.6 is 22.7 Å². The fraction of sp³-hybridized carbons (Fsp3) is 0.0588. The maximum absolute atomic E-state index is 12.0. The van der Waals surface area contributed by atoms with Gasteiger partial charge in [-0.1, -0.05) is 6.07 Å². The number of anilines is 1. The number of nitrogens with one attached hydrogen (secondary N) is 1. The molecule has 26 heavy (non-hydrogen) atoms. The summed E-state index contributed by atoms with van der Waals surface area (Å²) in [5.74, 6) is -1.72. The van der Waals surface area contributed by atoms with Gasteiger partial charge in [0.25, 0.3) is 5.91 Å². The van der Waals surface area contributed by atoms with Crippen LogP contribution < -0.4 is 11.1 Å². The fourth-order valence-corrected chi connectivity index (χ4v) is 3.60. The Labute approximate surface area is 156 Å². The molecule has 0 unspecified atom stereocenters. The number of rotatable bonds is 6. The van der Waals surface area contributed by atoms with Crippen LogP contribution in [0.1, 0.15) is 20.8 Å². The summed E-state index contributed by atoms with van der Waals surface area (Å²) in [5, 5.41) is 6.81. The SMILES string of the molecule is NC(=O)c1ccc(NC(=O)COC(=O)c2csc(-c3cccs3)n2)cc1. The van der Waals surface area contributed by atoms with Crippen LogP contribution in [0.5, 0.6) is 0 Å². The predicted octanol–water partition coefficient (Wildman–Crippen LogP) is 2.77. The molecule has 2 aromatic heterocycles. The summed E-state index contributed by atoms with van der Waals surface area (Å²) in [4.78, 5) is 40.0. The van der Waals surface area contributed by atoms with Gasteiger partial charge in [0.05, 0.1) is 4.88 Å². The second-order valence-electron chi connectivity index (χ2n) is 5.08. The lowest BCUT2D eigenvalue weighted by atomic mass is 10.2. The molecule has 7 nitrogen and oxygen atoms in total. The Morgan fingerprint density at radius 2 is 1.88 bits per heavy atom. The molecule has 3 aromatic rings. The van der Waals surface area contributed by atoms with Gasteiger partial charge in [-0.05, 0) is 35.7 Å². The molecular weight excluding hydrogens is 374 g/mol. The Kier molecular flexibility index (Phi) is 5.40. The lowest BCUT2D eigenvalue weighted by Gasteiger charge is -2.06. The molecule has 0 aliphatic rings. The lowest BCUT2D eigenvalue weighted by molar-refractivity contribution is -0.119. The number of thiophene rings is 1. The molecule has 3 rings (SSSR count). The second kappa shape index (κ2) is 7.89. The van der Waals surface area contributed by atoms with Crippen molar-refractivity contribution >= 4 is 46.1 Å². The van der Waals surface area contributed by atoms with Crippen molar-refractivity contribution in [2.45, 2.75) is 0 Å². The van der Waals surface area contributed by atoms with Gasteiger partial charge in [0, 0.05) is 16.6 Å². The van der Waals surface area contributed by atoms with Crippen LogP contribution in [0.2, 0.25) is 0 Å². The standard InChI is InChI=1S/C17H13N3O4S2/c18-15(22)10-3-5-11(6-4-10)19-14(21)8-24-17(23)12-9-26-16(20-12)13-2-1-7-25-13/h1-7,9H,8H2,(H2,18,22)(H,19,21). The number of nitrogens with two attached hydrogens (primary N) is 1. The smallest absolute Gasteiger partial charge is 0.358 e. The minimum Gasteiger partial charge on any atom is -0.451 e. The van der Waals surface area contributed by atoms with Crippen molar-refractivity contribution in [3.8, 4) is 9.88 Å². The summed E-state index contributed by atoms with van der Waals surface area (Å²) in [6.07, 6.45) is 0. The van der Waals surface area contributed by atoms with Crippen LogP contribution in [0, 0.1) is 0 Å². The number of carbonyl (C=O) groups is 3. The van der Waals surface area contributed by atoms with E-state index < -0.39 is 24.4 Å². The van der Waals surface area contributed by atoms with E-state index >= 15 is 0 Å². The largest absolute Gasteiger partial charge is 0.451 e.